The zero-order valence-electron chi connectivity index (χ0n) is 43.4. The van der Waals surface area contributed by atoms with Crippen LogP contribution in [0, 0.1) is 23.7 Å². The fourth-order valence-electron chi connectivity index (χ4n) is 8.82. The normalized spacial score (nSPS) is 18.5. The van der Waals surface area contributed by atoms with Crippen molar-refractivity contribution < 1.29 is 64.9 Å². The number of carbonyl (C=O) groups is 5. The van der Waals surface area contributed by atoms with Crippen LogP contribution in [-0.4, -0.2) is 188 Å². The molecule has 2 aliphatic rings. The molecule has 2 saturated heterocycles. The highest BCUT2D eigenvalue weighted by Gasteiger charge is 2.46. The van der Waals surface area contributed by atoms with Gasteiger partial charge < -0.3 is 50.1 Å². The second kappa shape index (κ2) is 30.1. The van der Waals surface area contributed by atoms with Gasteiger partial charge in [0.15, 0.2) is 0 Å². The Labute approximate surface area is 435 Å². The first-order valence-corrected chi connectivity index (χ1v) is 25.3. The molecular weight excluding hydrogens is 991 g/mol. The molecule has 0 radical (unpaired) electrons. The molecular formula is C53H72F6N8O8. The number of halogens is 6. The van der Waals surface area contributed by atoms with E-state index in [0.29, 0.717) is 32.1 Å². The highest BCUT2D eigenvalue weighted by atomic mass is 19.4. The number of benzene rings is 2. The lowest BCUT2D eigenvalue weighted by Gasteiger charge is -2.36. The van der Waals surface area contributed by atoms with E-state index < -0.39 is 96.6 Å². The van der Waals surface area contributed by atoms with Crippen LogP contribution < -0.4 is 21.3 Å². The smallest absolute Gasteiger partial charge is 0.377 e. The first-order valence-electron chi connectivity index (χ1n) is 25.3. The van der Waals surface area contributed by atoms with Gasteiger partial charge in [0.1, 0.15) is 31.5 Å². The number of rotatable bonds is 26. The van der Waals surface area contributed by atoms with Gasteiger partial charge in [-0.2, -0.15) is 26.3 Å². The summed E-state index contributed by atoms with van der Waals surface area (Å²) < 4.78 is 94.7. The monoisotopic (exact) mass is 1060 g/mol. The number of ether oxygens (including phenoxy) is 2. The molecule has 0 aromatic heterocycles. The van der Waals surface area contributed by atoms with E-state index in [1.165, 1.54) is 16.7 Å². The minimum absolute atomic E-state index is 0.162. The van der Waals surface area contributed by atoms with Crippen LogP contribution in [0.15, 0.2) is 60.7 Å². The molecule has 9 atom stereocenters. The largest absolute Gasteiger partial charge is 0.471 e. The lowest BCUT2D eigenvalue weighted by Crippen LogP contribution is -2.60. The second-order valence-corrected chi connectivity index (χ2v) is 18.8. The van der Waals surface area contributed by atoms with Gasteiger partial charge in [-0.25, -0.2) is 0 Å². The van der Waals surface area contributed by atoms with Gasteiger partial charge in [-0.05, 0) is 110 Å². The molecule has 22 heteroatoms. The van der Waals surface area contributed by atoms with E-state index in [2.05, 4.69) is 44.9 Å². The van der Waals surface area contributed by atoms with Gasteiger partial charge in [0.05, 0.1) is 18.2 Å². The van der Waals surface area contributed by atoms with Gasteiger partial charge in [0.25, 0.3) is 0 Å². The molecule has 0 bridgehead atoms. The molecule has 5 amide bonds. The average molecular weight is 1060 g/mol. The second-order valence-electron chi connectivity index (χ2n) is 18.8. The summed E-state index contributed by atoms with van der Waals surface area (Å²) in [5, 5.41) is 22.2. The number of hydrogen-bond donors (Lipinski definition) is 5. The van der Waals surface area contributed by atoms with E-state index in [1.807, 2.05) is 30.3 Å². The number of nitrogens with one attached hydrogen (secondary N) is 4. The summed E-state index contributed by atoms with van der Waals surface area (Å²) in [6, 6.07) is 12.7. The van der Waals surface area contributed by atoms with Crippen LogP contribution in [-0.2, 0) is 46.3 Å². The summed E-state index contributed by atoms with van der Waals surface area (Å²) >= 11 is 0. The Bertz CT molecular complexity index is 2270. The predicted octanol–water partition coefficient (Wildman–Crippen LogP) is 3.42. The fourth-order valence-corrected chi connectivity index (χ4v) is 8.82. The molecule has 2 aromatic carbocycles. The summed E-state index contributed by atoms with van der Waals surface area (Å²) in [6.07, 6.45) is -10.9. The van der Waals surface area contributed by atoms with Gasteiger partial charge >= 0.3 is 24.2 Å². The van der Waals surface area contributed by atoms with E-state index in [1.54, 1.807) is 65.2 Å². The van der Waals surface area contributed by atoms with Crippen molar-refractivity contribution in [2.24, 2.45) is 0 Å². The predicted molar refractivity (Wildman–Crippen MR) is 268 cm³/mol. The van der Waals surface area contributed by atoms with Crippen molar-refractivity contribution in [2.75, 3.05) is 66.6 Å². The maximum Gasteiger partial charge on any atom is 0.471 e. The Morgan fingerprint density at radius 2 is 1.13 bits per heavy atom. The molecule has 414 valence electrons. The molecule has 5 N–H and O–H groups in total. The summed E-state index contributed by atoms with van der Waals surface area (Å²) in [7, 11) is 3.17. The molecule has 0 spiro atoms. The van der Waals surface area contributed by atoms with Crippen LogP contribution in [0.4, 0.5) is 26.3 Å². The molecule has 2 fully saturated rings. The summed E-state index contributed by atoms with van der Waals surface area (Å²) in [6.45, 7) is 5.13. The zero-order valence-corrected chi connectivity index (χ0v) is 43.4. The number of carbonyl (C=O) groups excluding carboxylic acids is 5. The molecule has 2 aliphatic heterocycles. The number of aryl methyl sites for hydroxylation is 1. The Morgan fingerprint density at radius 3 is 1.60 bits per heavy atom. The van der Waals surface area contributed by atoms with Crippen LogP contribution in [0.25, 0.3) is 0 Å². The average Bonchev–Trinajstić information content (AvgIpc) is 4.07. The SMILES string of the molecule is CN[C@@H](C)C(=O)NC(C(=O)N1CCC[C@H]1CN(CCc1ccccc1)C(=O)C(F)(F)F)[C@@H](C)OCC#CC#CCOC(C)[C@H](N[C@@H](O)[C@H](C)NC)C(=O)N1CCC[C@H]1CN(CCCc1ccccc1)C(=O)C(F)(F)F. The first-order chi connectivity index (χ1) is 35.6. The third-order valence-electron chi connectivity index (χ3n) is 13.4. The van der Waals surface area contributed by atoms with Gasteiger partial charge in [-0.1, -0.05) is 72.5 Å². The Kier molecular flexibility index (Phi) is 24.8. The lowest BCUT2D eigenvalue weighted by molar-refractivity contribution is -0.186. The van der Waals surface area contributed by atoms with Crippen molar-refractivity contribution >= 4 is 29.5 Å². The number of hydrogen-bond acceptors (Lipinski definition) is 11. The Morgan fingerprint density at radius 1 is 0.680 bits per heavy atom. The summed E-state index contributed by atoms with van der Waals surface area (Å²) in [4.78, 5) is 71.1. The number of alkyl halides is 6. The van der Waals surface area contributed by atoms with Crippen LogP contribution in [0.5, 0.6) is 0 Å². The summed E-state index contributed by atoms with van der Waals surface area (Å²) in [5.41, 5.74) is 1.65. The van der Waals surface area contributed by atoms with E-state index in [9.17, 15) is 55.4 Å². The van der Waals surface area contributed by atoms with Crippen molar-refractivity contribution in [3.05, 3.63) is 71.8 Å². The van der Waals surface area contributed by atoms with Gasteiger partial charge in [-0.3, -0.25) is 29.3 Å². The van der Waals surface area contributed by atoms with Crippen molar-refractivity contribution in [2.45, 2.75) is 140 Å². The van der Waals surface area contributed by atoms with Crippen molar-refractivity contribution in [1.29, 1.82) is 0 Å². The minimum atomic E-state index is -5.13. The molecule has 4 rings (SSSR count). The summed E-state index contributed by atoms with van der Waals surface area (Å²) in [5.74, 6) is 4.99. The molecule has 2 unspecified atom stereocenters. The zero-order chi connectivity index (χ0) is 55.3. The van der Waals surface area contributed by atoms with E-state index in [0.717, 1.165) is 20.9 Å². The number of nitrogens with zero attached hydrogens (tertiary/aromatic N) is 4. The first kappa shape index (κ1) is 61.8. The number of likely N-dealkylation sites (N-methyl/N-ethyl adjacent to an activating group) is 2. The highest BCUT2D eigenvalue weighted by Crippen LogP contribution is 2.27. The van der Waals surface area contributed by atoms with Crippen molar-refractivity contribution in [3.63, 3.8) is 0 Å². The van der Waals surface area contributed by atoms with Crippen LogP contribution in [0.3, 0.4) is 0 Å². The minimum Gasteiger partial charge on any atom is -0.377 e. The topological polar surface area (TPSA) is 185 Å². The molecule has 75 heavy (non-hydrogen) atoms. The third-order valence-corrected chi connectivity index (χ3v) is 13.4. The third kappa shape index (κ3) is 19.4. The molecule has 0 saturated carbocycles. The number of likely N-dealkylation sites (tertiary alicyclic amines) is 2. The molecule has 2 heterocycles. The quantitative estimate of drug-likeness (QED) is 0.0529. The van der Waals surface area contributed by atoms with Gasteiger partial charge in [-0.15, -0.1) is 0 Å². The van der Waals surface area contributed by atoms with Gasteiger partial charge in [0, 0.05) is 57.4 Å². The van der Waals surface area contributed by atoms with E-state index >= 15 is 0 Å². The van der Waals surface area contributed by atoms with E-state index in [4.69, 9.17) is 9.47 Å². The highest BCUT2D eigenvalue weighted by molar-refractivity contribution is 5.90. The Balaban J connectivity index is 1.40. The molecule has 16 nitrogen and oxygen atoms in total. The maximum absolute atomic E-state index is 14.3. The van der Waals surface area contributed by atoms with E-state index in [-0.39, 0.29) is 65.3 Å². The number of aliphatic hydroxyl groups is 1. The van der Waals surface area contributed by atoms with Crippen molar-refractivity contribution in [1.82, 2.24) is 40.9 Å². The fraction of sp³-hybridized carbons (Fsp3) is 0.604. The standard InChI is InChI=1S/C53H72F6N8O8/c1-36(60-5)46(68)62-44(48(70)66-29-18-25-42(66)34-64(50(72)52(54,55)56)28-17-24-40-20-11-9-12-21-40)38(3)74-32-15-7-8-16-33-75-39(4)45(63-47(69)37(2)61-6)49(71)67-30-19-26-43(67)35-65(51(73)53(57,58)59)31-27-41-22-13-10-14-23-41/h9-14,20-23,36-39,42-46,60-62,68H,17-19,24-35H2,1-6H3,(H,63,69)/t36-,37-,38?,39+,42-,43-,44-,45?,46-/m0/s1. The number of amides is 5. The molecule has 2 aromatic rings. The number of aliphatic hydroxyl groups excluding tert-OH is 1. The van der Waals surface area contributed by atoms with Crippen molar-refractivity contribution in [3.8, 4) is 23.7 Å². The molecule has 0 aliphatic carbocycles. The van der Waals surface area contributed by atoms with Crippen LogP contribution in [0.2, 0.25) is 0 Å². The maximum atomic E-state index is 14.3. The Hall–Kier alpha value is -5.75. The lowest BCUT2D eigenvalue weighted by atomic mass is 10.1. The van der Waals surface area contributed by atoms with Crippen LogP contribution >= 0.6 is 0 Å². The van der Waals surface area contributed by atoms with Crippen LogP contribution in [0.1, 0.15) is 70.9 Å². The van der Waals surface area contributed by atoms with Gasteiger partial charge in [0.2, 0.25) is 17.7 Å².